The molecule has 0 aromatic rings. The zero-order valence-electron chi connectivity index (χ0n) is 11.1. The second-order valence-corrected chi connectivity index (χ2v) is 6.76. The van der Waals surface area contributed by atoms with Crippen LogP contribution >= 0.6 is 0 Å². The first-order chi connectivity index (χ1) is 7.89. The van der Waals surface area contributed by atoms with Crippen molar-refractivity contribution in [1.82, 2.24) is 9.21 Å². The maximum absolute atomic E-state index is 11.3. The van der Waals surface area contributed by atoms with E-state index in [0.29, 0.717) is 13.1 Å². The first-order valence-electron chi connectivity index (χ1n) is 6.18. The topological polar surface area (TPSA) is 49.9 Å². The van der Waals surface area contributed by atoms with Gasteiger partial charge in [0.25, 0.3) is 0 Å². The molecule has 0 radical (unpaired) electrons. The highest BCUT2D eigenvalue weighted by Crippen LogP contribution is 2.06. The molecule has 1 rings (SSSR count). The van der Waals surface area contributed by atoms with Gasteiger partial charge in [-0.25, -0.2) is 8.42 Å². The van der Waals surface area contributed by atoms with Crippen LogP contribution in [-0.2, 0) is 14.8 Å². The smallest absolute Gasteiger partial charge is 0.211 e. The fraction of sp³-hybridized carbons (Fsp3) is 1.00. The molecule has 0 aliphatic carbocycles. The summed E-state index contributed by atoms with van der Waals surface area (Å²) in [7, 11) is -3.00. The quantitative estimate of drug-likeness (QED) is 0.651. The minimum atomic E-state index is -3.00. The van der Waals surface area contributed by atoms with Gasteiger partial charge in [0.1, 0.15) is 0 Å². The number of piperazine rings is 1. The molecule has 1 aliphatic heterocycles. The van der Waals surface area contributed by atoms with Crippen LogP contribution in [0, 0.1) is 0 Å². The zero-order chi connectivity index (χ0) is 12.9. The molecular weight excluding hydrogens is 240 g/mol. The second kappa shape index (κ2) is 6.68. The van der Waals surface area contributed by atoms with Gasteiger partial charge < -0.3 is 9.64 Å². The Hall–Kier alpha value is -0.170. The van der Waals surface area contributed by atoms with Crippen LogP contribution in [0.5, 0.6) is 0 Å². The fourth-order valence-corrected chi connectivity index (χ4v) is 2.72. The van der Waals surface area contributed by atoms with E-state index in [-0.39, 0.29) is 6.10 Å². The third kappa shape index (κ3) is 5.81. The van der Waals surface area contributed by atoms with E-state index >= 15 is 0 Å². The summed E-state index contributed by atoms with van der Waals surface area (Å²) >= 11 is 0. The SMILES string of the molecule is CC(C)OCCCN1CCN(S(C)(=O)=O)CC1. The van der Waals surface area contributed by atoms with Crippen LogP contribution in [0.2, 0.25) is 0 Å². The van der Waals surface area contributed by atoms with Crippen molar-refractivity contribution >= 4 is 10.0 Å². The van der Waals surface area contributed by atoms with Gasteiger partial charge in [0.15, 0.2) is 0 Å². The number of ether oxygens (including phenoxy) is 1. The molecule has 0 aromatic carbocycles. The minimum absolute atomic E-state index is 0.289. The van der Waals surface area contributed by atoms with Crippen LogP contribution < -0.4 is 0 Å². The molecule has 1 saturated heterocycles. The Kier molecular flexibility index (Phi) is 5.85. The number of hydrogen-bond acceptors (Lipinski definition) is 4. The predicted octanol–water partition coefficient (Wildman–Crippen LogP) is 0.379. The van der Waals surface area contributed by atoms with Crippen molar-refractivity contribution in [3.05, 3.63) is 0 Å². The lowest BCUT2D eigenvalue weighted by molar-refractivity contribution is 0.0676. The lowest BCUT2D eigenvalue weighted by Crippen LogP contribution is -2.48. The summed E-state index contributed by atoms with van der Waals surface area (Å²) in [5.41, 5.74) is 0. The van der Waals surface area contributed by atoms with Crippen LogP contribution in [0.4, 0.5) is 0 Å². The highest BCUT2D eigenvalue weighted by molar-refractivity contribution is 7.88. The van der Waals surface area contributed by atoms with Crippen molar-refractivity contribution in [2.45, 2.75) is 26.4 Å². The van der Waals surface area contributed by atoms with Crippen LogP contribution in [0.15, 0.2) is 0 Å². The molecule has 1 fully saturated rings. The molecule has 5 nitrogen and oxygen atoms in total. The van der Waals surface area contributed by atoms with Gasteiger partial charge in [-0.2, -0.15) is 4.31 Å². The molecule has 0 bridgehead atoms. The van der Waals surface area contributed by atoms with Crippen molar-refractivity contribution in [2.75, 3.05) is 45.6 Å². The van der Waals surface area contributed by atoms with Crippen molar-refractivity contribution in [3.63, 3.8) is 0 Å². The summed E-state index contributed by atoms with van der Waals surface area (Å²) in [6.07, 6.45) is 2.58. The first kappa shape index (κ1) is 14.9. The molecule has 0 spiro atoms. The molecule has 0 N–H and O–H groups in total. The monoisotopic (exact) mass is 264 g/mol. The lowest BCUT2D eigenvalue weighted by Gasteiger charge is -2.33. The molecule has 17 heavy (non-hydrogen) atoms. The van der Waals surface area contributed by atoms with Gasteiger partial charge in [0, 0.05) is 39.3 Å². The van der Waals surface area contributed by atoms with Gasteiger partial charge in [-0.3, -0.25) is 0 Å². The summed E-state index contributed by atoms with van der Waals surface area (Å²) < 4.78 is 29.7. The van der Waals surface area contributed by atoms with Crippen LogP contribution in [0.1, 0.15) is 20.3 Å². The third-order valence-electron chi connectivity index (χ3n) is 2.87. The van der Waals surface area contributed by atoms with Crippen molar-refractivity contribution in [1.29, 1.82) is 0 Å². The van der Waals surface area contributed by atoms with Crippen molar-refractivity contribution in [3.8, 4) is 0 Å². The molecule has 0 aromatic heterocycles. The van der Waals surface area contributed by atoms with E-state index < -0.39 is 10.0 Å². The van der Waals surface area contributed by atoms with E-state index in [4.69, 9.17) is 4.74 Å². The second-order valence-electron chi connectivity index (χ2n) is 4.78. The summed E-state index contributed by atoms with van der Waals surface area (Å²) in [6, 6.07) is 0. The lowest BCUT2D eigenvalue weighted by atomic mass is 10.3. The Bertz CT molecular complexity index is 309. The standard InChI is InChI=1S/C11H24N2O3S/c1-11(2)16-10-4-5-12-6-8-13(9-7-12)17(3,14)15/h11H,4-10H2,1-3H3. The molecule has 1 heterocycles. The average Bonchev–Trinajstić information content (AvgIpc) is 2.23. The summed E-state index contributed by atoms with van der Waals surface area (Å²) in [4.78, 5) is 2.30. The van der Waals surface area contributed by atoms with Gasteiger partial charge >= 0.3 is 0 Å². The number of rotatable bonds is 6. The molecule has 6 heteroatoms. The highest BCUT2D eigenvalue weighted by Gasteiger charge is 2.22. The maximum Gasteiger partial charge on any atom is 0.211 e. The molecular formula is C11H24N2O3S. The normalized spacial score (nSPS) is 20.0. The first-order valence-corrected chi connectivity index (χ1v) is 8.03. The molecule has 0 unspecified atom stereocenters. The Morgan fingerprint density at radius 3 is 2.24 bits per heavy atom. The molecule has 102 valence electrons. The van der Waals surface area contributed by atoms with Crippen LogP contribution in [0.25, 0.3) is 0 Å². The van der Waals surface area contributed by atoms with Crippen LogP contribution in [0.3, 0.4) is 0 Å². The summed E-state index contributed by atoms with van der Waals surface area (Å²) in [6.45, 7) is 8.72. The van der Waals surface area contributed by atoms with Gasteiger partial charge in [-0.1, -0.05) is 0 Å². The maximum atomic E-state index is 11.3. The van der Waals surface area contributed by atoms with Gasteiger partial charge in [-0.05, 0) is 20.3 Å². The van der Waals surface area contributed by atoms with Crippen LogP contribution in [-0.4, -0.2) is 69.3 Å². The van der Waals surface area contributed by atoms with Gasteiger partial charge in [0.05, 0.1) is 12.4 Å². The van der Waals surface area contributed by atoms with Gasteiger partial charge in [0.2, 0.25) is 10.0 Å². The third-order valence-corrected chi connectivity index (χ3v) is 4.17. The van der Waals surface area contributed by atoms with Crippen molar-refractivity contribution < 1.29 is 13.2 Å². The van der Waals surface area contributed by atoms with Crippen molar-refractivity contribution in [2.24, 2.45) is 0 Å². The summed E-state index contributed by atoms with van der Waals surface area (Å²) in [5.74, 6) is 0. The predicted molar refractivity (Wildman–Crippen MR) is 68.6 cm³/mol. The summed E-state index contributed by atoms with van der Waals surface area (Å²) in [5, 5.41) is 0. The van der Waals surface area contributed by atoms with E-state index in [1.54, 1.807) is 4.31 Å². The number of sulfonamides is 1. The number of hydrogen-bond donors (Lipinski definition) is 0. The molecule has 1 aliphatic rings. The molecule has 0 saturated carbocycles. The van der Waals surface area contributed by atoms with E-state index in [9.17, 15) is 8.42 Å². The molecule has 0 atom stereocenters. The highest BCUT2D eigenvalue weighted by atomic mass is 32.2. The Morgan fingerprint density at radius 2 is 1.76 bits per heavy atom. The Morgan fingerprint density at radius 1 is 1.18 bits per heavy atom. The van der Waals surface area contributed by atoms with Gasteiger partial charge in [-0.15, -0.1) is 0 Å². The van der Waals surface area contributed by atoms with E-state index in [2.05, 4.69) is 4.90 Å². The average molecular weight is 264 g/mol. The zero-order valence-corrected chi connectivity index (χ0v) is 11.9. The van der Waals surface area contributed by atoms with E-state index in [1.165, 1.54) is 6.26 Å². The Balaban J connectivity index is 2.15. The number of nitrogens with zero attached hydrogens (tertiary/aromatic N) is 2. The van der Waals surface area contributed by atoms with E-state index in [0.717, 1.165) is 32.7 Å². The minimum Gasteiger partial charge on any atom is -0.379 e. The Labute approximate surface area is 105 Å². The molecule has 0 amide bonds. The largest absolute Gasteiger partial charge is 0.379 e. The fourth-order valence-electron chi connectivity index (χ4n) is 1.89. The van der Waals surface area contributed by atoms with E-state index in [1.807, 2.05) is 13.8 Å².